The fraction of sp³-hybridized carbons (Fsp3) is 0.650. The van der Waals surface area contributed by atoms with E-state index in [2.05, 4.69) is 22.0 Å². The molecule has 0 spiro atoms. The van der Waals surface area contributed by atoms with Crippen LogP contribution in [0.25, 0.3) is 5.78 Å². The van der Waals surface area contributed by atoms with Crippen LogP contribution in [0.4, 0.5) is 5.95 Å². The Morgan fingerprint density at radius 3 is 2.59 bits per heavy atom. The molecule has 1 aliphatic carbocycles. The van der Waals surface area contributed by atoms with Crippen LogP contribution in [0.3, 0.4) is 0 Å². The fourth-order valence-electron chi connectivity index (χ4n) is 3.96. The Morgan fingerprint density at radius 2 is 1.90 bits per heavy atom. The Bertz CT molecular complexity index is 901. The standard InChI is InChI=1S/C20H30N6O3/c1-12-5-7-15(8-6-12)25(4)17(27)11-29-18(28)10-9-16-13(2)22-20-23-19(21)24-26(20)14(16)3/h12,15H,5-11H2,1-4H3,(H2,21,24). The average Bonchev–Trinajstić information content (AvgIpc) is 3.06. The van der Waals surface area contributed by atoms with Gasteiger partial charge in [0.1, 0.15) is 0 Å². The van der Waals surface area contributed by atoms with E-state index in [1.165, 1.54) is 0 Å². The molecule has 9 nitrogen and oxygen atoms in total. The van der Waals surface area contributed by atoms with Crippen LogP contribution < -0.4 is 5.73 Å². The molecule has 0 radical (unpaired) electrons. The summed E-state index contributed by atoms with van der Waals surface area (Å²) in [7, 11) is 1.80. The molecule has 1 saturated carbocycles. The van der Waals surface area contributed by atoms with Crippen LogP contribution in [0, 0.1) is 19.8 Å². The van der Waals surface area contributed by atoms with Gasteiger partial charge in [-0.3, -0.25) is 9.59 Å². The number of amides is 1. The summed E-state index contributed by atoms with van der Waals surface area (Å²) < 4.78 is 6.80. The Morgan fingerprint density at radius 1 is 1.21 bits per heavy atom. The van der Waals surface area contributed by atoms with Crippen molar-refractivity contribution in [3.8, 4) is 0 Å². The number of carbonyl (C=O) groups is 2. The largest absolute Gasteiger partial charge is 0.456 e. The fourth-order valence-corrected chi connectivity index (χ4v) is 3.96. The van der Waals surface area contributed by atoms with E-state index < -0.39 is 5.97 Å². The number of likely N-dealkylation sites (N-methyl/N-ethyl adjacent to an activating group) is 1. The number of nitrogens with zero attached hydrogens (tertiary/aromatic N) is 5. The van der Waals surface area contributed by atoms with Crippen LogP contribution in [0.1, 0.15) is 56.0 Å². The quantitative estimate of drug-likeness (QED) is 0.733. The van der Waals surface area contributed by atoms with Crippen molar-refractivity contribution in [2.45, 2.75) is 65.3 Å². The van der Waals surface area contributed by atoms with Crippen LogP contribution in [-0.2, 0) is 20.7 Å². The second-order valence-electron chi connectivity index (χ2n) is 8.02. The highest BCUT2D eigenvalue weighted by molar-refractivity contribution is 5.80. The average molecular weight is 402 g/mol. The number of ether oxygens (including phenoxy) is 1. The number of aryl methyl sites for hydroxylation is 2. The highest BCUT2D eigenvalue weighted by atomic mass is 16.5. The van der Waals surface area contributed by atoms with Crippen molar-refractivity contribution in [3.63, 3.8) is 0 Å². The van der Waals surface area contributed by atoms with Gasteiger partial charge in [0.25, 0.3) is 11.7 Å². The van der Waals surface area contributed by atoms with Crippen molar-refractivity contribution < 1.29 is 14.3 Å². The molecular formula is C20H30N6O3. The lowest BCUT2D eigenvalue weighted by atomic mass is 9.87. The second kappa shape index (κ2) is 8.75. The molecule has 3 rings (SSSR count). The number of rotatable bonds is 6. The summed E-state index contributed by atoms with van der Waals surface area (Å²) in [4.78, 5) is 34.7. The SMILES string of the molecule is Cc1nc2nc(N)nn2c(C)c1CCC(=O)OCC(=O)N(C)C1CCC(C)CC1. The monoisotopic (exact) mass is 402 g/mol. The third-order valence-corrected chi connectivity index (χ3v) is 5.93. The second-order valence-corrected chi connectivity index (χ2v) is 8.02. The number of fused-ring (bicyclic) bond motifs is 1. The maximum Gasteiger partial charge on any atom is 0.306 e. The van der Waals surface area contributed by atoms with Gasteiger partial charge in [0.05, 0.1) is 0 Å². The molecule has 0 atom stereocenters. The zero-order valence-electron chi connectivity index (χ0n) is 17.6. The van der Waals surface area contributed by atoms with E-state index in [4.69, 9.17) is 10.5 Å². The van der Waals surface area contributed by atoms with Crippen molar-refractivity contribution in [1.82, 2.24) is 24.5 Å². The lowest BCUT2D eigenvalue weighted by Gasteiger charge is -2.33. The Kier molecular flexibility index (Phi) is 6.34. The zero-order chi connectivity index (χ0) is 21.1. The summed E-state index contributed by atoms with van der Waals surface area (Å²) >= 11 is 0. The predicted octanol–water partition coefficient (Wildman–Crippen LogP) is 1.84. The number of hydrogen-bond donors (Lipinski definition) is 1. The minimum absolute atomic E-state index is 0.147. The third kappa shape index (κ3) is 4.83. The number of nitrogen functional groups attached to an aromatic ring is 1. The van der Waals surface area contributed by atoms with Crippen LogP contribution in [0.5, 0.6) is 0 Å². The van der Waals surface area contributed by atoms with Gasteiger partial charge in [0.2, 0.25) is 5.95 Å². The normalized spacial score (nSPS) is 19.3. The molecule has 2 aromatic rings. The van der Waals surface area contributed by atoms with Gasteiger partial charge in [-0.25, -0.2) is 4.98 Å². The molecule has 0 bridgehead atoms. The smallest absolute Gasteiger partial charge is 0.306 e. The molecule has 2 heterocycles. The molecular weight excluding hydrogens is 372 g/mol. The highest BCUT2D eigenvalue weighted by Gasteiger charge is 2.25. The topological polar surface area (TPSA) is 116 Å². The van der Waals surface area contributed by atoms with Crippen LogP contribution >= 0.6 is 0 Å². The van der Waals surface area contributed by atoms with Gasteiger partial charge >= 0.3 is 5.97 Å². The Labute approximate surface area is 170 Å². The molecule has 0 aromatic carbocycles. The molecule has 158 valence electrons. The summed E-state index contributed by atoms with van der Waals surface area (Å²) in [6.07, 6.45) is 4.91. The van der Waals surface area contributed by atoms with E-state index in [0.29, 0.717) is 12.2 Å². The highest BCUT2D eigenvalue weighted by Crippen LogP contribution is 2.26. The van der Waals surface area contributed by atoms with Gasteiger partial charge in [0.15, 0.2) is 6.61 Å². The van der Waals surface area contributed by atoms with E-state index in [9.17, 15) is 9.59 Å². The summed E-state index contributed by atoms with van der Waals surface area (Å²) in [5.41, 5.74) is 8.16. The first-order valence-corrected chi connectivity index (χ1v) is 10.2. The molecule has 2 aromatic heterocycles. The molecule has 9 heteroatoms. The van der Waals surface area contributed by atoms with Crippen molar-refractivity contribution in [3.05, 3.63) is 17.0 Å². The van der Waals surface area contributed by atoms with Gasteiger partial charge in [-0.05, 0) is 57.4 Å². The van der Waals surface area contributed by atoms with Crippen molar-refractivity contribution in [2.75, 3.05) is 19.4 Å². The van der Waals surface area contributed by atoms with Crippen LogP contribution in [0.2, 0.25) is 0 Å². The Balaban J connectivity index is 1.51. The lowest BCUT2D eigenvalue weighted by molar-refractivity contribution is -0.152. The van der Waals surface area contributed by atoms with E-state index in [1.807, 2.05) is 13.8 Å². The number of esters is 1. The predicted molar refractivity (Wildman–Crippen MR) is 108 cm³/mol. The van der Waals surface area contributed by atoms with Gasteiger partial charge in [-0.15, -0.1) is 5.10 Å². The van der Waals surface area contributed by atoms with E-state index in [0.717, 1.165) is 48.6 Å². The van der Waals surface area contributed by atoms with E-state index in [1.54, 1.807) is 16.5 Å². The van der Waals surface area contributed by atoms with Gasteiger partial charge in [0, 0.05) is 30.9 Å². The maximum absolute atomic E-state index is 12.4. The number of anilines is 1. The minimum Gasteiger partial charge on any atom is -0.456 e. The first kappa shape index (κ1) is 21.0. The number of carbonyl (C=O) groups excluding carboxylic acids is 2. The van der Waals surface area contributed by atoms with Crippen molar-refractivity contribution >= 4 is 23.6 Å². The van der Waals surface area contributed by atoms with E-state index in [-0.39, 0.29) is 30.9 Å². The van der Waals surface area contributed by atoms with Gasteiger partial charge in [-0.2, -0.15) is 9.50 Å². The van der Waals surface area contributed by atoms with Crippen LogP contribution in [0.15, 0.2) is 0 Å². The molecule has 29 heavy (non-hydrogen) atoms. The summed E-state index contributed by atoms with van der Waals surface area (Å²) in [6.45, 7) is 5.78. The molecule has 1 aliphatic rings. The molecule has 1 amide bonds. The molecule has 2 N–H and O–H groups in total. The maximum atomic E-state index is 12.4. The third-order valence-electron chi connectivity index (χ3n) is 5.93. The molecule has 0 unspecified atom stereocenters. The number of nitrogens with two attached hydrogens (primary N) is 1. The Hall–Kier alpha value is -2.71. The van der Waals surface area contributed by atoms with Gasteiger partial charge in [-0.1, -0.05) is 6.92 Å². The summed E-state index contributed by atoms with van der Waals surface area (Å²) in [5.74, 6) is 0.774. The summed E-state index contributed by atoms with van der Waals surface area (Å²) in [5, 5.41) is 4.12. The van der Waals surface area contributed by atoms with E-state index >= 15 is 0 Å². The first-order chi connectivity index (χ1) is 13.8. The summed E-state index contributed by atoms with van der Waals surface area (Å²) in [6, 6.07) is 0.246. The number of aromatic nitrogens is 4. The van der Waals surface area contributed by atoms with Crippen molar-refractivity contribution in [1.29, 1.82) is 0 Å². The molecule has 0 saturated heterocycles. The lowest BCUT2D eigenvalue weighted by Crippen LogP contribution is -2.41. The molecule has 0 aliphatic heterocycles. The van der Waals surface area contributed by atoms with Crippen molar-refractivity contribution in [2.24, 2.45) is 5.92 Å². The zero-order valence-corrected chi connectivity index (χ0v) is 17.6. The number of hydrogen-bond acceptors (Lipinski definition) is 7. The molecule has 1 fully saturated rings. The minimum atomic E-state index is -0.402. The van der Waals surface area contributed by atoms with Crippen LogP contribution in [-0.4, -0.2) is 56.1 Å². The first-order valence-electron chi connectivity index (χ1n) is 10.2. The van der Waals surface area contributed by atoms with Gasteiger partial charge < -0.3 is 15.4 Å².